The molecule has 4 heterocycles. The van der Waals surface area contributed by atoms with E-state index in [1.54, 1.807) is 25.3 Å². The lowest BCUT2D eigenvalue weighted by Crippen LogP contribution is -2.29. The number of hydrogen-bond acceptors (Lipinski definition) is 6. The SMILES string of the molecule is COc1ccnc(F)c1C1CCC(c2cc3ncc(C)nc3n(Cc3ncccc3C(F)(F)F)c2=O)CC1. The van der Waals surface area contributed by atoms with Gasteiger partial charge in [-0.15, -0.1) is 0 Å². The van der Waals surface area contributed by atoms with Gasteiger partial charge in [0, 0.05) is 24.2 Å². The second kappa shape index (κ2) is 10.1. The predicted octanol–water partition coefficient (Wildman–Crippen LogP) is 5.55. The molecular formula is C27H25F4N5O2. The average Bonchev–Trinajstić information content (AvgIpc) is 2.90. The van der Waals surface area contributed by atoms with Gasteiger partial charge in [-0.2, -0.15) is 17.6 Å². The van der Waals surface area contributed by atoms with Crippen LogP contribution < -0.4 is 10.3 Å². The molecule has 7 nitrogen and oxygen atoms in total. The summed E-state index contributed by atoms with van der Waals surface area (Å²) in [4.78, 5) is 30.3. The molecule has 0 radical (unpaired) electrons. The van der Waals surface area contributed by atoms with Gasteiger partial charge in [-0.1, -0.05) is 0 Å². The molecule has 4 aromatic rings. The van der Waals surface area contributed by atoms with Crippen molar-refractivity contribution >= 4 is 11.2 Å². The monoisotopic (exact) mass is 527 g/mol. The van der Waals surface area contributed by atoms with Crippen LogP contribution in [0.2, 0.25) is 0 Å². The molecule has 0 aliphatic heterocycles. The maximum atomic E-state index is 14.5. The molecule has 1 fully saturated rings. The smallest absolute Gasteiger partial charge is 0.418 e. The number of nitrogens with zero attached hydrogens (tertiary/aromatic N) is 5. The van der Waals surface area contributed by atoms with Crippen molar-refractivity contribution in [2.24, 2.45) is 0 Å². The van der Waals surface area contributed by atoms with Crippen molar-refractivity contribution in [2.45, 2.75) is 57.2 Å². The number of alkyl halides is 3. The second-order valence-corrected chi connectivity index (χ2v) is 9.47. The molecule has 4 aromatic heterocycles. The van der Waals surface area contributed by atoms with Crippen molar-refractivity contribution < 1.29 is 22.3 Å². The first-order valence-electron chi connectivity index (χ1n) is 12.2. The normalized spacial score (nSPS) is 18.1. The Bertz CT molecular complexity index is 1550. The third-order valence-electron chi connectivity index (χ3n) is 7.14. The fraction of sp³-hybridized carbons (Fsp3) is 0.370. The number of ether oxygens (including phenoxy) is 1. The van der Waals surface area contributed by atoms with Gasteiger partial charge in [-0.05, 0) is 68.7 Å². The number of halogens is 4. The molecule has 1 aliphatic rings. The van der Waals surface area contributed by atoms with Crippen LogP contribution in [-0.2, 0) is 12.7 Å². The summed E-state index contributed by atoms with van der Waals surface area (Å²) < 4.78 is 62.1. The van der Waals surface area contributed by atoms with Crippen molar-refractivity contribution in [1.29, 1.82) is 0 Å². The Morgan fingerprint density at radius 3 is 2.50 bits per heavy atom. The van der Waals surface area contributed by atoms with Gasteiger partial charge in [0.15, 0.2) is 5.65 Å². The van der Waals surface area contributed by atoms with E-state index >= 15 is 0 Å². The molecule has 11 heteroatoms. The molecule has 0 amide bonds. The third kappa shape index (κ3) is 4.84. The Morgan fingerprint density at radius 2 is 1.79 bits per heavy atom. The molecule has 38 heavy (non-hydrogen) atoms. The zero-order valence-electron chi connectivity index (χ0n) is 20.8. The molecule has 0 saturated heterocycles. The molecule has 5 rings (SSSR count). The lowest BCUT2D eigenvalue weighted by atomic mass is 9.76. The van der Waals surface area contributed by atoms with Gasteiger partial charge in [0.05, 0.1) is 36.2 Å². The highest BCUT2D eigenvalue weighted by atomic mass is 19.4. The van der Waals surface area contributed by atoms with E-state index in [0.29, 0.717) is 53.8 Å². The number of pyridine rings is 3. The van der Waals surface area contributed by atoms with Crippen molar-refractivity contribution in [2.75, 3.05) is 7.11 Å². The van der Waals surface area contributed by atoms with Crippen LogP contribution in [0.5, 0.6) is 5.75 Å². The van der Waals surface area contributed by atoms with Crippen LogP contribution in [0, 0.1) is 12.9 Å². The second-order valence-electron chi connectivity index (χ2n) is 9.47. The van der Waals surface area contributed by atoms with Gasteiger partial charge in [0.1, 0.15) is 11.3 Å². The highest BCUT2D eigenvalue weighted by Crippen LogP contribution is 2.43. The lowest BCUT2D eigenvalue weighted by molar-refractivity contribution is -0.138. The van der Waals surface area contributed by atoms with Crippen molar-refractivity contribution in [3.8, 4) is 5.75 Å². The van der Waals surface area contributed by atoms with Crippen LogP contribution in [0.25, 0.3) is 11.2 Å². The van der Waals surface area contributed by atoms with Crippen LogP contribution in [0.15, 0.2) is 47.7 Å². The molecule has 0 aromatic carbocycles. The molecule has 198 valence electrons. The molecular weight excluding hydrogens is 502 g/mol. The summed E-state index contributed by atoms with van der Waals surface area (Å²) in [6, 6.07) is 5.47. The number of aromatic nitrogens is 5. The first-order valence-corrected chi connectivity index (χ1v) is 12.2. The topological polar surface area (TPSA) is 82.8 Å². The highest BCUT2D eigenvalue weighted by Gasteiger charge is 2.35. The van der Waals surface area contributed by atoms with E-state index in [4.69, 9.17) is 4.74 Å². The zero-order valence-corrected chi connectivity index (χ0v) is 20.8. The molecule has 0 atom stereocenters. The number of rotatable bonds is 5. The summed E-state index contributed by atoms with van der Waals surface area (Å²) in [5.41, 5.74) is 0.432. The first-order chi connectivity index (χ1) is 18.2. The lowest BCUT2D eigenvalue weighted by Gasteiger charge is -2.29. The Kier molecular flexibility index (Phi) is 6.85. The molecule has 0 unspecified atom stereocenters. The fourth-order valence-electron chi connectivity index (χ4n) is 5.32. The Labute approximate surface area is 215 Å². The molecule has 0 bridgehead atoms. The first kappa shape index (κ1) is 25.7. The van der Waals surface area contributed by atoms with Gasteiger partial charge < -0.3 is 4.74 Å². The summed E-state index contributed by atoms with van der Waals surface area (Å²) in [6.07, 6.45) is 1.92. The fourth-order valence-corrected chi connectivity index (χ4v) is 5.32. The minimum atomic E-state index is -4.62. The van der Waals surface area contributed by atoms with E-state index in [1.165, 1.54) is 30.1 Å². The Morgan fingerprint density at radius 1 is 1.05 bits per heavy atom. The van der Waals surface area contributed by atoms with Crippen LogP contribution in [0.4, 0.5) is 17.6 Å². The molecule has 0 spiro atoms. The molecule has 1 saturated carbocycles. The van der Waals surface area contributed by atoms with Gasteiger partial charge >= 0.3 is 6.18 Å². The summed E-state index contributed by atoms with van der Waals surface area (Å²) >= 11 is 0. The van der Waals surface area contributed by atoms with Gasteiger partial charge in [-0.3, -0.25) is 19.3 Å². The maximum absolute atomic E-state index is 14.5. The Hall–Kier alpha value is -3.89. The predicted molar refractivity (Wildman–Crippen MR) is 132 cm³/mol. The van der Waals surface area contributed by atoms with E-state index in [2.05, 4.69) is 19.9 Å². The van der Waals surface area contributed by atoms with Crippen LogP contribution >= 0.6 is 0 Å². The number of aryl methyl sites for hydroxylation is 1. The summed E-state index contributed by atoms with van der Waals surface area (Å²) in [5, 5.41) is 0. The molecule has 0 N–H and O–H groups in total. The highest BCUT2D eigenvalue weighted by molar-refractivity contribution is 5.71. The summed E-state index contributed by atoms with van der Waals surface area (Å²) in [7, 11) is 1.48. The van der Waals surface area contributed by atoms with Crippen LogP contribution in [-0.4, -0.2) is 31.6 Å². The maximum Gasteiger partial charge on any atom is 0.418 e. The average molecular weight is 528 g/mol. The quantitative estimate of drug-likeness (QED) is 0.250. The van der Waals surface area contributed by atoms with E-state index in [0.717, 1.165) is 6.07 Å². The van der Waals surface area contributed by atoms with E-state index in [1.807, 2.05) is 0 Å². The Balaban J connectivity index is 1.52. The van der Waals surface area contributed by atoms with Gasteiger partial charge in [-0.25, -0.2) is 9.97 Å². The van der Waals surface area contributed by atoms with Gasteiger partial charge in [0.25, 0.3) is 5.56 Å². The standard InChI is InChI=1S/C27H25F4N5O2/c1-15-13-34-20-12-18(16-5-7-17(8-6-16)23-22(38-2)9-11-33-24(23)28)26(37)36(25(20)35-15)14-21-19(27(29,30)31)4-3-10-32-21/h3-4,9-13,16-17H,5-8,14H2,1-2H3. The zero-order chi connectivity index (χ0) is 27.0. The van der Waals surface area contributed by atoms with E-state index in [-0.39, 0.29) is 23.2 Å². The number of methoxy groups -OCH3 is 1. The molecule has 1 aliphatic carbocycles. The largest absolute Gasteiger partial charge is 0.496 e. The summed E-state index contributed by atoms with van der Waals surface area (Å²) in [5.74, 6) is -0.422. The van der Waals surface area contributed by atoms with Crippen LogP contribution in [0.1, 0.15) is 65.6 Å². The van der Waals surface area contributed by atoms with Crippen molar-refractivity contribution in [3.63, 3.8) is 0 Å². The summed E-state index contributed by atoms with van der Waals surface area (Å²) in [6.45, 7) is 1.30. The number of hydrogen-bond donors (Lipinski definition) is 0. The van der Waals surface area contributed by atoms with E-state index in [9.17, 15) is 22.4 Å². The third-order valence-corrected chi connectivity index (χ3v) is 7.14. The van der Waals surface area contributed by atoms with Gasteiger partial charge in [0.2, 0.25) is 5.95 Å². The minimum Gasteiger partial charge on any atom is -0.496 e. The van der Waals surface area contributed by atoms with Crippen LogP contribution in [0.3, 0.4) is 0 Å². The number of fused-ring (bicyclic) bond motifs is 1. The van der Waals surface area contributed by atoms with Crippen molar-refractivity contribution in [1.82, 2.24) is 24.5 Å². The minimum absolute atomic E-state index is 0.122. The van der Waals surface area contributed by atoms with Crippen molar-refractivity contribution in [3.05, 3.63) is 87.2 Å². The van der Waals surface area contributed by atoms with E-state index < -0.39 is 29.8 Å².